The lowest BCUT2D eigenvalue weighted by Crippen LogP contribution is -2.42. The molecule has 1 rings (SSSR count). The summed E-state index contributed by atoms with van der Waals surface area (Å²) in [6, 6.07) is 5.67. The van der Waals surface area contributed by atoms with Crippen LogP contribution in [0.5, 0.6) is 0 Å². The first-order valence-electron chi connectivity index (χ1n) is 6.89. The number of carbonyl (C=O) groups is 1. The molecule has 0 bridgehead atoms. The summed E-state index contributed by atoms with van der Waals surface area (Å²) in [6.45, 7) is 7.88. The predicted molar refractivity (Wildman–Crippen MR) is 81.6 cm³/mol. The Kier molecular flexibility index (Phi) is 5.92. The molecule has 0 atom stereocenters. The zero-order chi connectivity index (χ0) is 16.2. The van der Waals surface area contributed by atoms with E-state index in [0.717, 1.165) is 0 Å². The van der Waals surface area contributed by atoms with Crippen molar-refractivity contribution in [3.63, 3.8) is 0 Å². The van der Waals surface area contributed by atoms with Crippen LogP contribution in [0.3, 0.4) is 0 Å². The molecule has 1 N–H and O–H groups in total. The zero-order valence-corrected chi connectivity index (χ0v) is 13.9. The summed E-state index contributed by atoms with van der Waals surface area (Å²) < 4.78 is 32.2. The van der Waals surface area contributed by atoms with Gasteiger partial charge in [-0.15, -0.1) is 0 Å². The van der Waals surface area contributed by atoms with Crippen molar-refractivity contribution in [2.75, 3.05) is 7.11 Å². The fraction of sp³-hybridized carbons (Fsp3) is 0.533. The highest BCUT2D eigenvalue weighted by Crippen LogP contribution is 2.18. The SMILES string of the molecule is COC(=O)c1cccc(S(=O)(=O)NC(C(C)C)C(C)C)c1. The van der Waals surface area contributed by atoms with Crippen molar-refractivity contribution in [2.45, 2.75) is 38.6 Å². The van der Waals surface area contributed by atoms with E-state index in [4.69, 9.17) is 0 Å². The van der Waals surface area contributed by atoms with Gasteiger partial charge in [-0.2, -0.15) is 0 Å². The first kappa shape index (κ1) is 17.7. The Labute approximate surface area is 126 Å². The van der Waals surface area contributed by atoms with Gasteiger partial charge in [0, 0.05) is 6.04 Å². The monoisotopic (exact) mass is 313 g/mol. The largest absolute Gasteiger partial charge is 0.465 e. The van der Waals surface area contributed by atoms with Crippen LogP contribution in [-0.4, -0.2) is 27.5 Å². The summed E-state index contributed by atoms with van der Waals surface area (Å²) in [5.74, 6) is -0.219. The molecule has 0 fully saturated rings. The Morgan fingerprint density at radius 3 is 2.19 bits per heavy atom. The quantitative estimate of drug-likeness (QED) is 0.819. The van der Waals surface area contributed by atoms with Gasteiger partial charge in [0.1, 0.15) is 0 Å². The van der Waals surface area contributed by atoms with Gasteiger partial charge in [-0.25, -0.2) is 17.9 Å². The highest BCUT2D eigenvalue weighted by molar-refractivity contribution is 7.89. The highest BCUT2D eigenvalue weighted by atomic mass is 32.2. The van der Waals surface area contributed by atoms with E-state index < -0.39 is 16.0 Å². The molecule has 0 aliphatic heterocycles. The van der Waals surface area contributed by atoms with Gasteiger partial charge < -0.3 is 4.74 Å². The van der Waals surface area contributed by atoms with Gasteiger partial charge in [-0.1, -0.05) is 33.8 Å². The third kappa shape index (κ3) is 4.54. The lowest BCUT2D eigenvalue weighted by molar-refractivity contribution is 0.0600. The topological polar surface area (TPSA) is 72.5 Å². The molecule has 0 heterocycles. The minimum Gasteiger partial charge on any atom is -0.465 e. The van der Waals surface area contributed by atoms with Crippen molar-refractivity contribution in [3.05, 3.63) is 29.8 Å². The second kappa shape index (κ2) is 7.04. The summed E-state index contributed by atoms with van der Waals surface area (Å²) in [5, 5.41) is 0. The summed E-state index contributed by atoms with van der Waals surface area (Å²) in [6.07, 6.45) is 0. The van der Waals surface area contributed by atoms with E-state index in [1.807, 2.05) is 27.7 Å². The third-order valence-electron chi connectivity index (χ3n) is 3.29. The second-order valence-corrected chi connectivity index (χ2v) is 7.37. The molecule has 5 nitrogen and oxygen atoms in total. The van der Waals surface area contributed by atoms with Gasteiger partial charge in [-0.05, 0) is 30.0 Å². The summed E-state index contributed by atoms with van der Waals surface area (Å²) in [5.41, 5.74) is 0.214. The van der Waals surface area contributed by atoms with Crippen LogP contribution in [0.1, 0.15) is 38.1 Å². The standard InChI is InChI=1S/C15H23NO4S/c1-10(2)14(11(3)4)16-21(18,19)13-8-6-7-12(9-13)15(17)20-5/h6-11,14,16H,1-5H3. The van der Waals surface area contributed by atoms with Crippen LogP contribution in [0.2, 0.25) is 0 Å². The number of ether oxygens (including phenoxy) is 1. The average Bonchev–Trinajstić information content (AvgIpc) is 2.43. The Morgan fingerprint density at radius 2 is 1.71 bits per heavy atom. The molecular weight excluding hydrogens is 290 g/mol. The van der Waals surface area contributed by atoms with Crippen LogP contribution in [0.25, 0.3) is 0 Å². The zero-order valence-electron chi connectivity index (χ0n) is 13.1. The fourth-order valence-corrected chi connectivity index (χ4v) is 3.78. The molecule has 6 heteroatoms. The van der Waals surface area contributed by atoms with E-state index in [9.17, 15) is 13.2 Å². The maximum Gasteiger partial charge on any atom is 0.337 e. The van der Waals surface area contributed by atoms with E-state index in [1.54, 1.807) is 0 Å². The van der Waals surface area contributed by atoms with Gasteiger partial charge in [0.15, 0.2) is 0 Å². The molecular formula is C15H23NO4S. The number of nitrogens with one attached hydrogen (secondary N) is 1. The molecule has 1 aromatic rings. The van der Waals surface area contributed by atoms with Gasteiger partial charge >= 0.3 is 5.97 Å². The van der Waals surface area contributed by atoms with E-state index in [1.165, 1.54) is 31.4 Å². The van der Waals surface area contributed by atoms with Crippen molar-refractivity contribution in [3.8, 4) is 0 Å². The molecule has 0 aliphatic rings. The number of benzene rings is 1. The molecule has 0 saturated heterocycles. The Balaban J connectivity index is 3.10. The van der Waals surface area contributed by atoms with E-state index in [-0.39, 0.29) is 28.3 Å². The van der Waals surface area contributed by atoms with Gasteiger partial charge in [0.2, 0.25) is 10.0 Å². The molecule has 0 aromatic heterocycles. The lowest BCUT2D eigenvalue weighted by Gasteiger charge is -2.25. The number of sulfonamides is 1. The van der Waals surface area contributed by atoms with Gasteiger partial charge in [0.25, 0.3) is 0 Å². The van der Waals surface area contributed by atoms with Gasteiger partial charge in [0.05, 0.1) is 17.6 Å². The molecule has 0 spiro atoms. The van der Waals surface area contributed by atoms with Gasteiger partial charge in [-0.3, -0.25) is 0 Å². The normalized spacial score (nSPS) is 12.2. The summed E-state index contributed by atoms with van der Waals surface area (Å²) in [4.78, 5) is 11.6. The number of rotatable bonds is 6. The number of methoxy groups -OCH3 is 1. The smallest absolute Gasteiger partial charge is 0.337 e. The highest BCUT2D eigenvalue weighted by Gasteiger charge is 2.25. The minimum atomic E-state index is -3.67. The molecule has 118 valence electrons. The maximum atomic E-state index is 12.5. The number of hydrogen-bond donors (Lipinski definition) is 1. The second-order valence-electron chi connectivity index (χ2n) is 5.65. The van der Waals surface area contributed by atoms with E-state index >= 15 is 0 Å². The van der Waals surface area contributed by atoms with Crippen LogP contribution in [-0.2, 0) is 14.8 Å². The number of carbonyl (C=O) groups excluding carboxylic acids is 1. The first-order chi connectivity index (χ1) is 9.69. The van der Waals surface area contributed by atoms with E-state index in [2.05, 4.69) is 9.46 Å². The van der Waals surface area contributed by atoms with Crippen LogP contribution in [0.4, 0.5) is 0 Å². The first-order valence-corrected chi connectivity index (χ1v) is 8.38. The molecule has 0 amide bonds. The van der Waals surface area contributed by atoms with Crippen molar-refractivity contribution < 1.29 is 17.9 Å². The van der Waals surface area contributed by atoms with Crippen LogP contribution in [0, 0.1) is 11.8 Å². The predicted octanol–water partition coefficient (Wildman–Crippen LogP) is 2.43. The number of hydrogen-bond acceptors (Lipinski definition) is 4. The number of esters is 1. The van der Waals surface area contributed by atoms with Crippen LogP contribution < -0.4 is 4.72 Å². The molecule has 0 radical (unpaired) electrons. The Hall–Kier alpha value is -1.40. The molecule has 21 heavy (non-hydrogen) atoms. The van der Waals surface area contributed by atoms with Crippen molar-refractivity contribution in [1.29, 1.82) is 0 Å². The van der Waals surface area contributed by atoms with Crippen molar-refractivity contribution in [2.24, 2.45) is 11.8 Å². The van der Waals surface area contributed by atoms with E-state index in [0.29, 0.717) is 0 Å². The van der Waals surface area contributed by atoms with Crippen LogP contribution >= 0.6 is 0 Å². The Morgan fingerprint density at radius 1 is 1.14 bits per heavy atom. The fourth-order valence-electron chi connectivity index (χ4n) is 2.20. The molecule has 0 unspecified atom stereocenters. The molecule has 0 aliphatic carbocycles. The maximum absolute atomic E-state index is 12.5. The summed E-state index contributed by atoms with van der Waals surface area (Å²) in [7, 11) is -2.41. The molecule has 1 aromatic carbocycles. The Bertz CT molecular complexity index is 585. The van der Waals surface area contributed by atoms with Crippen LogP contribution in [0.15, 0.2) is 29.2 Å². The molecule has 0 saturated carbocycles. The summed E-state index contributed by atoms with van der Waals surface area (Å²) >= 11 is 0. The minimum absolute atomic E-state index is 0.0664. The average molecular weight is 313 g/mol. The van der Waals surface area contributed by atoms with Crippen molar-refractivity contribution >= 4 is 16.0 Å². The third-order valence-corrected chi connectivity index (χ3v) is 4.75. The lowest BCUT2D eigenvalue weighted by atomic mass is 9.94. The van der Waals surface area contributed by atoms with Crippen molar-refractivity contribution in [1.82, 2.24) is 4.72 Å².